The topological polar surface area (TPSA) is 32.3 Å². The third kappa shape index (κ3) is 3.87. The minimum absolute atomic E-state index is 0.00201. The van der Waals surface area contributed by atoms with Crippen molar-refractivity contribution in [1.29, 1.82) is 0 Å². The average Bonchev–Trinajstić information content (AvgIpc) is 3.11. The van der Waals surface area contributed by atoms with Crippen LogP contribution in [0.3, 0.4) is 0 Å². The number of nitrogens with zero attached hydrogens (tertiary/aromatic N) is 1. The number of anilines is 1. The Balaban J connectivity index is 1.55. The molecule has 1 unspecified atom stereocenters. The van der Waals surface area contributed by atoms with E-state index < -0.39 is 0 Å². The Morgan fingerprint density at radius 2 is 1.33 bits per heavy atom. The van der Waals surface area contributed by atoms with E-state index >= 15 is 0 Å². The molecule has 0 aliphatic carbocycles. The molecule has 1 saturated heterocycles. The summed E-state index contributed by atoms with van der Waals surface area (Å²) >= 11 is 0. The molecule has 4 rings (SSSR count). The first-order valence-corrected chi connectivity index (χ1v) is 9.55. The highest BCUT2D eigenvalue weighted by Crippen LogP contribution is 2.32. The van der Waals surface area contributed by atoms with Gasteiger partial charge in [-0.05, 0) is 36.1 Å². The SMILES string of the molecule is O=C1NCC(CCC(c2ccccc2)c2ccccc2)N1c1ccccc1. The average molecular weight is 356 g/mol. The van der Waals surface area contributed by atoms with Gasteiger partial charge in [0, 0.05) is 18.2 Å². The van der Waals surface area contributed by atoms with Crippen molar-refractivity contribution in [2.24, 2.45) is 0 Å². The molecule has 0 radical (unpaired) electrons. The first-order valence-electron chi connectivity index (χ1n) is 9.55. The van der Waals surface area contributed by atoms with Crippen molar-refractivity contribution >= 4 is 11.7 Å². The lowest BCUT2D eigenvalue weighted by atomic mass is 9.86. The summed E-state index contributed by atoms with van der Waals surface area (Å²) in [5, 5.41) is 3.01. The summed E-state index contributed by atoms with van der Waals surface area (Å²) < 4.78 is 0. The largest absolute Gasteiger partial charge is 0.336 e. The van der Waals surface area contributed by atoms with Crippen LogP contribution < -0.4 is 10.2 Å². The Morgan fingerprint density at radius 3 is 1.89 bits per heavy atom. The molecule has 0 spiro atoms. The fraction of sp³-hybridized carbons (Fsp3) is 0.208. The molecule has 1 N–H and O–H groups in total. The lowest BCUT2D eigenvalue weighted by Gasteiger charge is -2.25. The summed E-state index contributed by atoms with van der Waals surface area (Å²) in [5.41, 5.74) is 3.62. The normalized spacial score (nSPS) is 16.6. The Bertz CT molecular complexity index is 825. The Kier molecular flexibility index (Phi) is 5.20. The van der Waals surface area contributed by atoms with E-state index in [9.17, 15) is 4.79 Å². The highest BCUT2D eigenvalue weighted by molar-refractivity contribution is 5.94. The maximum atomic E-state index is 12.4. The molecule has 1 atom stereocenters. The number of carbonyl (C=O) groups is 1. The molecule has 136 valence electrons. The molecule has 0 bridgehead atoms. The van der Waals surface area contributed by atoms with Gasteiger partial charge in [0.05, 0.1) is 6.04 Å². The number of para-hydroxylation sites is 1. The minimum Gasteiger partial charge on any atom is -0.336 e. The van der Waals surface area contributed by atoms with Gasteiger partial charge in [-0.2, -0.15) is 0 Å². The highest BCUT2D eigenvalue weighted by atomic mass is 16.2. The van der Waals surface area contributed by atoms with E-state index in [0.29, 0.717) is 12.5 Å². The van der Waals surface area contributed by atoms with Gasteiger partial charge in [0.15, 0.2) is 0 Å². The molecule has 1 aliphatic heterocycles. The van der Waals surface area contributed by atoms with E-state index in [2.05, 4.69) is 66.0 Å². The van der Waals surface area contributed by atoms with Gasteiger partial charge in [0.2, 0.25) is 0 Å². The number of rotatable bonds is 6. The highest BCUT2D eigenvalue weighted by Gasteiger charge is 2.32. The van der Waals surface area contributed by atoms with Gasteiger partial charge in [0.1, 0.15) is 0 Å². The zero-order valence-electron chi connectivity index (χ0n) is 15.3. The third-order valence-corrected chi connectivity index (χ3v) is 5.30. The van der Waals surface area contributed by atoms with E-state index in [1.807, 2.05) is 35.2 Å². The Labute approximate surface area is 160 Å². The second kappa shape index (κ2) is 8.09. The van der Waals surface area contributed by atoms with Crippen molar-refractivity contribution in [3.63, 3.8) is 0 Å². The van der Waals surface area contributed by atoms with Gasteiger partial charge in [-0.1, -0.05) is 78.9 Å². The van der Waals surface area contributed by atoms with E-state index in [-0.39, 0.29) is 12.1 Å². The number of nitrogens with one attached hydrogen (secondary N) is 1. The zero-order chi connectivity index (χ0) is 18.5. The van der Waals surface area contributed by atoms with Crippen LogP contribution in [0.2, 0.25) is 0 Å². The van der Waals surface area contributed by atoms with Gasteiger partial charge in [-0.15, -0.1) is 0 Å². The van der Waals surface area contributed by atoms with Gasteiger partial charge < -0.3 is 5.32 Å². The van der Waals surface area contributed by atoms with Crippen molar-refractivity contribution in [2.75, 3.05) is 11.4 Å². The minimum atomic E-state index is 0.00201. The van der Waals surface area contributed by atoms with Crippen LogP contribution in [0.4, 0.5) is 10.5 Å². The summed E-state index contributed by atoms with van der Waals surface area (Å²) in [4.78, 5) is 14.3. The first-order chi connectivity index (χ1) is 13.3. The molecule has 3 aromatic rings. The van der Waals surface area contributed by atoms with Crippen molar-refractivity contribution in [3.8, 4) is 0 Å². The van der Waals surface area contributed by atoms with Gasteiger partial charge >= 0.3 is 6.03 Å². The molecular formula is C24H24N2O. The molecule has 1 fully saturated rings. The zero-order valence-corrected chi connectivity index (χ0v) is 15.3. The second-order valence-electron chi connectivity index (χ2n) is 7.00. The standard InChI is InChI=1S/C24H24N2O/c27-24-25-18-22(26(24)21-14-8-3-9-15-21)16-17-23(19-10-4-1-5-11-19)20-12-6-2-7-13-20/h1-15,22-23H,16-18H2,(H,25,27). The number of amides is 2. The number of urea groups is 1. The quantitative estimate of drug-likeness (QED) is 0.647. The van der Waals surface area contributed by atoms with E-state index in [1.165, 1.54) is 11.1 Å². The Morgan fingerprint density at radius 1 is 0.815 bits per heavy atom. The molecule has 27 heavy (non-hydrogen) atoms. The van der Waals surface area contributed by atoms with Crippen LogP contribution in [0.15, 0.2) is 91.0 Å². The van der Waals surface area contributed by atoms with Crippen molar-refractivity contribution in [2.45, 2.75) is 24.8 Å². The van der Waals surface area contributed by atoms with Crippen LogP contribution in [0.5, 0.6) is 0 Å². The van der Waals surface area contributed by atoms with E-state index in [1.54, 1.807) is 0 Å². The van der Waals surface area contributed by atoms with Crippen LogP contribution in [-0.2, 0) is 0 Å². The van der Waals surface area contributed by atoms with Crippen LogP contribution in [-0.4, -0.2) is 18.6 Å². The maximum absolute atomic E-state index is 12.4. The summed E-state index contributed by atoms with van der Waals surface area (Å²) in [6, 6.07) is 31.4. The second-order valence-corrected chi connectivity index (χ2v) is 7.00. The summed E-state index contributed by atoms with van der Waals surface area (Å²) in [6.07, 6.45) is 1.94. The molecule has 1 aliphatic rings. The molecule has 1 heterocycles. The van der Waals surface area contributed by atoms with Crippen LogP contribution >= 0.6 is 0 Å². The number of benzene rings is 3. The third-order valence-electron chi connectivity index (χ3n) is 5.30. The molecule has 3 nitrogen and oxygen atoms in total. The van der Waals surface area contributed by atoms with Gasteiger partial charge in [-0.3, -0.25) is 4.90 Å². The molecule has 3 heteroatoms. The van der Waals surface area contributed by atoms with Gasteiger partial charge in [0.25, 0.3) is 0 Å². The molecule has 0 saturated carbocycles. The van der Waals surface area contributed by atoms with Crippen LogP contribution in [0.1, 0.15) is 29.9 Å². The predicted molar refractivity (Wildman–Crippen MR) is 110 cm³/mol. The lowest BCUT2D eigenvalue weighted by Crippen LogP contribution is -2.34. The van der Waals surface area contributed by atoms with Crippen LogP contribution in [0.25, 0.3) is 0 Å². The number of hydrogen-bond acceptors (Lipinski definition) is 1. The molecule has 2 amide bonds. The molecule has 0 aromatic heterocycles. The van der Waals surface area contributed by atoms with Crippen molar-refractivity contribution < 1.29 is 4.79 Å². The summed E-state index contributed by atoms with van der Waals surface area (Å²) in [6.45, 7) is 0.698. The predicted octanol–water partition coefficient (Wildman–Crippen LogP) is 5.20. The molecule has 3 aromatic carbocycles. The van der Waals surface area contributed by atoms with Crippen LogP contribution in [0, 0.1) is 0 Å². The first kappa shape index (κ1) is 17.3. The van der Waals surface area contributed by atoms with Crippen molar-refractivity contribution in [3.05, 3.63) is 102 Å². The fourth-order valence-electron chi connectivity index (χ4n) is 3.95. The van der Waals surface area contributed by atoms with E-state index in [4.69, 9.17) is 0 Å². The monoisotopic (exact) mass is 356 g/mol. The number of hydrogen-bond donors (Lipinski definition) is 1. The lowest BCUT2D eigenvalue weighted by molar-refractivity contribution is 0.251. The summed E-state index contributed by atoms with van der Waals surface area (Å²) in [7, 11) is 0. The molecular weight excluding hydrogens is 332 g/mol. The smallest absolute Gasteiger partial charge is 0.322 e. The fourth-order valence-corrected chi connectivity index (χ4v) is 3.95. The summed E-state index contributed by atoms with van der Waals surface area (Å²) in [5.74, 6) is 0.334. The maximum Gasteiger partial charge on any atom is 0.322 e. The number of carbonyl (C=O) groups excluding carboxylic acids is 1. The van der Waals surface area contributed by atoms with Gasteiger partial charge in [-0.25, -0.2) is 4.79 Å². The van der Waals surface area contributed by atoms with E-state index in [0.717, 1.165) is 18.5 Å². The Hall–Kier alpha value is -3.07. The van der Waals surface area contributed by atoms with Crippen molar-refractivity contribution in [1.82, 2.24) is 5.32 Å².